The van der Waals surface area contributed by atoms with Gasteiger partial charge in [0.2, 0.25) is 5.91 Å². The highest BCUT2D eigenvalue weighted by Crippen LogP contribution is 2.22. The molecule has 1 aromatic carbocycles. The van der Waals surface area contributed by atoms with Crippen molar-refractivity contribution in [2.75, 3.05) is 14.1 Å². The molecule has 98 valence electrons. The van der Waals surface area contributed by atoms with E-state index in [1.54, 1.807) is 19.0 Å². The van der Waals surface area contributed by atoms with Gasteiger partial charge in [-0.05, 0) is 5.56 Å². The van der Waals surface area contributed by atoms with Crippen LogP contribution < -0.4 is 0 Å². The number of benzene rings is 1. The molecule has 3 nitrogen and oxygen atoms in total. The maximum absolute atomic E-state index is 11.4. The van der Waals surface area contributed by atoms with E-state index < -0.39 is 6.10 Å². The van der Waals surface area contributed by atoms with Crippen molar-refractivity contribution in [1.29, 1.82) is 0 Å². The highest BCUT2D eigenvalue weighted by molar-refractivity contribution is 5.77. The quantitative estimate of drug-likeness (QED) is 0.812. The molecule has 2 atom stereocenters. The summed E-state index contributed by atoms with van der Waals surface area (Å²) in [6.45, 7) is 1.94. The third kappa shape index (κ3) is 4.34. The van der Waals surface area contributed by atoms with Crippen molar-refractivity contribution < 1.29 is 9.90 Å². The Morgan fingerprint density at radius 2 is 1.94 bits per heavy atom. The first-order valence-corrected chi connectivity index (χ1v) is 6.12. The first-order valence-electron chi connectivity index (χ1n) is 6.12. The average molecular weight is 247 g/mol. The minimum absolute atomic E-state index is 0.0117. The molecule has 1 aromatic rings. The van der Waals surface area contributed by atoms with Gasteiger partial charge in [-0.1, -0.05) is 49.4 Å². The molecule has 0 saturated heterocycles. The van der Waals surface area contributed by atoms with Crippen LogP contribution in [0.2, 0.25) is 0 Å². The van der Waals surface area contributed by atoms with Gasteiger partial charge in [-0.15, -0.1) is 0 Å². The number of amides is 1. The van der Waals surface area contributed by atoms with Crippen LogP contribution in [0.15, 0.2) is 42.5 Å². The number of aliphatic hydroxyl groups is 1. The number of aliphatic hydroxyl groups excluding tert-OH is 1. The van der Waals surface area contributed by atoms with Crippen LogP contribution in [0.1, 0.15) is 25.0 Å². The van der Waals surface area contributed by atoms with Gasteiger partial charge in [0.05, 0.1) is 6.10 Å². The summed E-state index contributed by atoms with van der Waals surface area (Å²) in [5.41, 5.74) is 0.897. The lowest BCUT2D eigenvalue weighted by Crippen LogP contribution is -2.20. The van der Waals surface area contributed by atoms with Gasteiger partial charge in [0.1, 0.15) is 0 Å². The molecule has 0 heterocycles. The fraction of sp³-hybridized carbons (Fsp3) is 0.400. The Labute approximate surface area is 109 Å². The van der Waals surface area contributed by atoms with Crippen LogP contribution in [0.3, 0.4) is 0 Å². The predicted octanol–water partition coefficient (Wildman–Crippen LogP) is 2.39. The Balaban J connectivity index is 2.53. The Morgan fingerprint density at radius 1 is 1.33 bits per heavy atom. The third-order valence-corrected chi connectivity index (χ3v) is 2.87. The van der Waals surface area contributed by atoms with Crippen molar-refractivity contribution in [2.45, 2.75) is 19.4 Å². The molecule has 0 fully saturated rings. The largest absolute Gasteiger partial charge is 0.388 e. The summed E-state index contributed by atoms with van der Waals surface area (Å²) in [7, 11) is 3.47. The molecular weight excluding hydrogens is 226 g/mol. The summed E-state index contributed by atoms with van der Waals surface area (Å²) in [4.78, 5) is 12.9. The van der Waals surface area contributed by atoms with Crippen LogP contribution in [-0.4, -0.2) is 30.0 Å². The van der Waals surface area contributed by atoms with Gasteiger partial charge in [0, 0.05) is 26.4 Å². The van der Waals surface area contributed by atoms with Crippen molar-refractivity contribution in [3.63, 3.8) is 0 Å². The lowest BCUT2D eigenvalue weighted by atomic mass is 9.97. The van der Waals surface area contributed by atoms with Crippen LogP contribution >= 0.6 is 0 Å². The maximum atomic E-state index is 11.4. The molecule has 18 heavy (non-hydrogen) atoms. The van der Waals surface area contributed by atoms with Crippen LogP contribution in [0.4, 0.5) is 0 Å². The van der Waals surface area contributed by atoms with E-state index >= 15 is 0 Å². The fourth-order valence-electron chi connectivity index (χ4n) is 1.63. The van der Waals surface area contributed by atoms with Gasteiger partial charge < -0.3 is 10.0 Å². The Bertz CT molecular complexity index is 398. The molecule has 1 rings (SSSR count). The molecule has 0 aliphatic carbocycles. The molecule has 1 amide bonds. The van der Waals surface area contributed by atoms with Crippen LogP contribution in [0, 0.1) is 5.92 Å². The lowest BCUT2D eigenvalue weighted by Gasteiger charge is -2.16. The number of carbonyl (C=O) groups is 1. The highest BCUT2D eigenvalue weighted by atomic mass is 16.3. The predicted molar refractivity (Wildman–Crippen MR) is 73.0 cm³/mol. The molecule has 3 heteroatoms. The third-order valence-electron chi connectivity index (χ3n) is 2.87. The molecule has 0 aliphatic rings. The zero-order chi connectivity index (χ0) is 13.5. The van der Waals surface area contributed by atoms with Gasteiger partial charge in [0.15, 0.2) is 0 Å². The molecule has 0 aliphatic heterocycles. The van der Waals surface area contributed by atoms with Gasteiger partial charge in [-0.25, -0.2) is 0 Å². The minimum Gasteiger partial charge on any atom is -0.388 e. The normalized spacial score (nSPS) is 14.4. The minimum atomic E-state index is -0.531. The zero-order valence-electron chi connectivity index (χ0n) is 11.2. The molecule has 0 aromatic heterocycles. The number of nitrogens with zero attached hydrogens (tertiary/aromatic N) is 1. The van der Waals surface area contributed by atoms with E-state index in [1.807, 2.05) is 49.4 Å². The second-order valence-corrected chi connectivity index (χ2v) is 4.64. The molecule has 0 bridgehead atoms. The number of hydrogen-bond acceptors (Lipinski definition) is 2. The smallest absolute Gasteiger partial charge is 0.225 e. The van der Waals surface area contributed by atoms with Crippen molar-refractivity contribution in [3.8, 4) is 0 Å². The van der Waals surface area contributed by atoms with Gasteiger partial charge in [0.25, 0.3) is 0 Å². The highest BCUT2D eigenvalue weighted by Gasteiger charge is 2.13. The molecule has 1 N–H and O–H groups in total. The topological polar surface area (TPSA) is 40.5 Å². The second kappa shape index (κ2) is 6.97. The summed E-state index contributed by atoms with van der Waals surface area (Å²) in [6.07, 6.45) is 3.55. The van der Waals surface area contributed by atoms with Crippen LogP contribution in [0.25, 0.3) is 0 Å². The van der Waals surface area contributed by atoms with Crippen LogP contribution in [0.5, 0.6) is 0 Å². The van der Waals surface area contributed by atoms with E-state index in [0.717, 1.165) is 5.56 Å². The van der Waals surface area contributed by atoms with Crippen LogP contribution in [-0.2, 0) is 4.79 Å². The van der Waals surface area contributed by atoms with E-state index in [9.17, 15) is 9.90 Å². The zero-order valence-corrected chi connectivity index (χ0v) is 11.2. The number of rotatable bonds is 5. The van der Waals surface area contributed by atoms with E-state index in [0.29, 0.717) is 6.42 Å². The summed E-state index contributed by atoms with van der Waals surface area (Å²) < 4.78 is 0. The van der Waals surface area contributed by atoms with E-state index in [2.05, 4.69) is 0 Å². The van der Waals surface area contributed by atoms with Crippen molar-refractivity contribution in [2.24, 2.45) is 5.92 Å². The second-order valence-electron chi connectivity index (χ2n) is 4.64. The number of hydrogen-bond donors (Lipinski definition) is 1. The van der Waals surface area contributed by atoms with Gasteiger partial charge >= 0.3 is 0 Å². The van der Waals surface area contributed by atoms with Crippen molar-refractivity contribution >= 4 is 5.91 Å². The number of carbonyl (C=O) groups excluding carboxylic acids is 1. The SMILES string of the molecule is C[C@H](/C=C\CC(=O)N(C)C)[C@@H](O)c1ccccc1. The Kier molecular flexibility index (Phi) is 5.59. The van der Waals surface area contributed by atoms with Gasteiger partial charge in [-0.2, -0.15) is 0 Å². The molecule has 0 saturated carbocycles. The molecule has 0 radical (unpaired) electrons. The lowest BCUT2D eigenvalue weighted by molar-refractivity contribution is -0.127. The summed E-state index contributed by atoms with van der Waals surface area (Å²) in [5, 5.41) is 10.1. The Hall–Kier alpha value is -1.61. The molecular formula is C15H21NO2. The van der Waals surface area contributed by atoms with Crippen molar-refractivity contribution in [1.82, 2.24) is 4.90 Å². The van der Waals surface area contributed by atoms with E-state index in [-0.39, 0.29) is 11.8 Å². The van der Waals surface area contributed by atoms with Crippen molar-refractivity contribution in [3.05, 3.63) is 48.0 Å². The molecule has 0 unspecified atom stereocenters. The standard InChI is InChI=1S/C15H21NO2/c1-12(8-7-11-14(17)16(2)3)15(18)13-9-5-4-6-10-13/h4-10,12,15,18H,11H2,1-3H3/b8-7-/t12-,15-/m1/s1. The van der Waals surface area contributed by atoms with E-state index in [4.69, 9.17) is 0 Å². The Morgan fingerprint density at radius 3 is 2.50 bits per heavy atom. The maximum Gasteiger partial charge on any atom is 0.225 e. The first kappa shape index (κ1) is 14.5. The molecule has 0 spiro atoms. The fourth-order valence-corrected chi connectivity index (χ4v) is 1.63. The summed E-state index contributed by atoms with van der Waals surface area (Å²) in [5.74, 6) is 0.0509. The first-order chi connectivity index (χ1) is 8.52. The average Bonchev–Trinajstić information content (AvgIpc) is 2.38. The summed E-state index contributed by atoms with van der Waals surface area (Å²) in [6, 6.07) is 9.54. The monoisotopic (exact) mass is 247 g/mol. The summed E-state index contributed by atoms with van der Waals surface area (Å²) >= 11 is 0. The van der Waals surface area contributed by atoms with E-state index in [1.165, 1.54) is 0 Å². The van der Waals surface area contributed by atoms with Gasteiger partial charge in [-0.3, -0.25) is 4.79 Å².